The molecule has 2 heterocycles. The Balaban J connectivity index is 1.47. The number of aryl methyl sites for hydroxylation is 2. The Morgan fingerprint density at radius 1 is 0.951 bits per heavy atom. The van der Waals surface area contributed by atoms with E-state index in [1.807, 2.05) is 50.2 Å². The number of benzene rings is 3. The molecule has 9 heteroatoms. The Hall–Kier alpha value is -3.79. The molecule has 0 radical (unpaired) electrons. The molecule has 41 heavy (non-hydrogen) atoms. The van der Waals surface area contributed by atoms with Gasteiger partial charge >= 0.3 is 0 Å². The molecule has 5 rings (SSSR count). The molecule has 0 saturated carbocycles. The molecule has 0 unspecified atom stereocenters. The molecule has 1 atom stereocenters. The van der Waals surface area contributed by atoms with E-state index in [1.54, 1.807) is 36.4 Å². The second-order valence-electron chi connectivity index (χ2n) is 10.6. The van der Waals surface area contributed by atoms with Gasteiger partial charge in [0.2, 0.25) is 15.9 Å². The number of ether oxygens (including phenoxy) is 1. The van der Waals surface area contributed by atoms with Crippen molar-refractivity contribution < 1.29 is 22.4 Å². The third-order valence-corrected chi connectivity index (χ3v) is 9.16. The molecule has 8 nitrogen and oxygen atoms in total. The average Bonchev–Trinajstić information content (AvgIpc) is 3.48. The van der Waals surface area contributed by atoms with E-state index in [9.17, 15) is 18.0 Å². The lowest BCUT2D eigenvalue weighted by Gasteiger charge is -2.28. The lowest BCUT2D eigenvalue weighted by atomic mass is 10.1. The van der Waals surface area contributed by atoms with Crippen molar-refractivity contribution in [1.29, 1.82) is 0 Å². The third kappa shape index (κ3) is 6.75. The summed E-state index contributed by atoms with van der Waals surface area (Å²) in [7, 11) is -4.00. The summed E-state index contributed by atoms with van der Waals surface area (Å²) in [6.45, 7) is 4.19. The molecule has 1 amide bonds. The van der Waals surface area contributed by atoms with Crippen molar-refractivity contribution in [2.45, 2.75) is 50.8 Å². The minimum atomic E-state index is -4.00. The lowest BCUT2D eigenvalue weighted by molar-refractivity contribution is -0.132. The van der Waals surface area contributed by atoms with Gasteiger partial charge < -0.3 is 14.1 Å². The fourth-order valence-electron chi connectivity index (χ4n) is 5.01. The number of nitrogens with zero attached hydrogens (tertiary/aromatic N) is 2. The van der Waals surface area contributed by atoms with E-state index in [1.165, 1.54) is 15.5 Å². The molecule has 1 aliphatic rings. The van der Waals surface area contributed by atoms with Crippen LogP contribution >= 0.6 is 0 Å². The third-order valence-electron chi connectivity index (χ3n) is 7.33. The summed E-state index contributed by atoms with van der Waals surface area (Å²) in [6.07, 6.45) is 2.66. The van der Waals surface area contributed by atoms with Gasteiger partial charge in [0.05, 0.1) is 41.3 Å². The van der Waals surface area contributed by atoms with Gasteiger partial charge in [-0.15, -0.1) is 0 Å². The topological polar surface area (TPSA) is 97.1 Å². The molecule has 0 bridgehead atoms. The number of amides is 1. The minimum Gasteiger partial charge on any atom is -0.464 e. The molecule has 0 aliphatic carbocycles. The molecular weight excluding hydrogens is 540 g/mol. The van der Waals surface area contributed by atoms with E-state index in [-0.39, 0.29) is 42.6 Å². The maximum Gasteiger partial charge on any atom is 0.243 e. The van der Waals surface area contributed by atoms with Gasteiger partial charge in [0.25, 0.3) is 0 Å². The van der Waals surface area contributed by atoms with E-state index in [0.29, 0.717) is 23.1 Å². The van der Waals surface area contributed by atoms with Crippen molar-refractivity contribution in [2.24, 2.45) is 0 Å². The molecule has 0 N–H and O–H groups in total. The quantitative estimate of drug-likeness (QED) is 0.270. The molecule has 1 aliphatic heterocycles. The minimum absolute atomic E-state index is 0.0295. The van der Waals surface area contributed by atoms with Crippen molar-refractivity contribution in [1.82, 2.24) is 9.21 Å². The first kappa shape index (κ1) is 28.7. The van der Waals surface area contributed by atoms with Crippen LogP contribution in [0.1, 0.15) is 35.1 Å². The fourth-order valence-corrected chi connectivity index (χ4v) is 6.43. The molecule has 0 spiro atoms. The number of carbonyl (C=O) groups excluding carboxylic acids is 1. The van der Waals surface area contributed by atoms with E-state index < -0.39 is 15.9 Å². The highest BCUT2D eigenvalue weighted by Gasteiger charge is 2.32. The number of sulfonamides is 1. The summed E-state index contributed by atoms with van der Waals surface area (Å²) in [5.74, 6) is -0.425. The molecule has 214 valence electrons. The SMILES string of the molecule is Cc1ccc(S(=O)(=O)N(CC(=O)N(Cc2ccccc2)Cc2coc3ccc(C)cc3c2=O)C[C@@H]2CCCO2)cc1. The summed E-state index contributed by atoms with van der Waals surface area (Å²) in [4.78, 5) is 29.0. The largest absolute Gasteiger partial charge is 0.464 e. The summed E-state index contributed by atoms with van der Waals surface area (Å²) in [5, 5.41) is 0.441. The van der Waals surface area contributed by atoms with Crippen LogP contribution in [0.4, 0.5) is 0 Å². The van der Waals surface area contributed by atoms with Crippen LogP contribution in [0.3, 0.4) is 0 Å². The molecule has 1 saturated heterocycles. The van der Waals surface area contributed by atoms with Crippen LogP contribution in [0.2, 0.25) is 0 Å². The highest BCUT2D eigenvalue weighted by atomic mass is 32.2. The molecular formula is C32H34N2O6S. The van der Waals surface area contributed by atoms with Crippen LogP contribution in [0.15, 0.2) is 93.2 Å². The average molecular weight is 575 g/mol. The van der Waals surface area contributed by atoms with E-state index in [0.717, 1.165) is 29.5 Å². The summed E-state index contributed by atoms with van der Waals surface area (Å²) < 4.78 is 40.2. The Morgan fingerprint density at radius 3 is 2.39 bits per heavy atom. The second-order valence-corrected chi connectivity index (χ2v) is 12.5. The Morgan fingerprint density at radius 2 is 1.68 bits per heavy atom. The van der Waals surface area contributed by atoms with Crippen LogP contribution < -0.4 is 5.43 Å². The van der Waals surface area contributed by atoms with Gasteiger partial charge in [-0.25, -0.2) is 8.42 Å². The maximum absolute atomic E-state index is 13.9. The molecule has 1 fully saturated rings. The van der Waals surface area contributed by atoms with Crippen LogP contribution in [0, 0.1) is 13.8 Å². The maximum atomic E-state index is 13.9. The van der Waals surface area contributed by atoms with Crippen molar-refractivity contribution in [3.63, 3.8) is 0 Å². The molecule has 3 aromatic carbocycles. The first-order valence-corrected chi connectivity index (χ1v) is 15.2. The number of carbonyl (C=O) groups is 1. The van der Waals surface area contributed by atoms with Crippen LogP contribution in [-0.2, 0) is 32.6 Å². The van der Waals surface area contributed by atoms with Gasteiger partial charge in [-0.3, -0.25) is 9.59 Å². The zero-order valence-electron chi connectivity index (χ0n) is 23.3. The van der Waals surface area contributed by atoms with Gasteiger partial charge in [0, 0.05) is 19.7 Å². The Bertz CT molecular complexity index is 1680. The zero-order chi connectivity index (χ0) is 29.0. The Labute approximate surface area is 240 Å². The number of rotatable bonds is 10. The van der Waals surface area contributed by atoms with Gasteiger partial charge in [0.15, 0.2) is 5.43 Å². The van der Waals surface area contributed by atoms with Crippen molar-refractivity contribution in [3.8, 4) is 0 Å². The van der Waals surface area contributed by atoms with Gasteiger partial charge in [-0.2, -0.15) is 4.31 Å². The highest BCUT2D eigenvalue weighted by Crippen LogP contribution is 2.22. The molecule has 4 aromatic rings. The number of fused-ring (bicyclic) bond motifs is 1. The summed E-state index contributed by atoms with van der Waals surface area (Å²) >= 11 is 0. The van der Waals surface area contributed by atoms with Crippen LogP contribution in [0.25, 0.3) is 11.0 Å². The Kier molecular flexibility index (Phi) is 8.68. The smallest absolute Gasteiger partial charge is 0.243 e. The zero-order valence-corrected chi connectivity index (χ0v) is 24.1. The van der Waals surface area contributed by atoms with E-state index in [2.05, 4.69) is 0 Å². The van der Waals surface area contributed by atoms with Crippen molar-refractivity contribution in [2.75, 3.05) is 19.7 Å². The van der Waals surface area contributed by atoms with Crippen LogP contribution in [0.5, 0.6) is 0 Å². The van der Waals surface area contributed by atoms with Crippen molar-refractivity contribution >= 4 is 26.9 Å². The predicted molar refractivity (Wildman–Crippen MR) is 157 cm³/mol. The first-order valence-electron chi connectivity index (χ1n) is 13.7. The summed E-state index contributed by atoms with van der Waals surface area (Å²) in [6, 6.07) is 21.4. The first-order chi connectivity index (χ1) is 19.7. The normalized spacial score (nSPS) is 15.4. The van der Waals surface area contributed by atoms with E-state index >= 15 is 0 Å². The predicted octanol–water partition coefficient (Wildman–Crippen LogP) is 4.81. The monoisotopic (exact) mass is 574 g/mol. The fraction of sp³-hybridized carbons (Fsp3) is 0.312. The second kappa shape index (κ2) is 12.4. The van der Waals surface area contributed by atoms with E-state index in [4.69, 9.17) is 9.15 Å². The van der Waals surface area contributed by atoms with Crippen LogP contribution in [-0.4, -0.2) is 49.3 Å². The highest BCUT2D eigenvalue weighted by molar-refractivity contribution is 7.89. The number of hydrogen-bond acceptors (Lipinski definition) is 6. The lowest BCUT2D eigenvalue weighted by Crippen LogP contribution is -2.45. The van der Waals surface area contributed by atoms with Gasteiger partial charge in [-0.05, 0) is 56.5 Å². The molecule has 1 aromatic heterocycles. The summed E-state index contributed by atoms with van der Waals surface area (Å²) in [5.41, 5.74) is 3.28. The number of hydrogen-bond donors (Lipinski definition) is 0. The van der Waals surface area contributed by atoms with Crippen molar-refractivity contribution in [3.05, 3.63) is 112 Å². The van der Waals surface area contributed by atoms with Gasteiger partial charge in [0.1, 0.15) is 5.58 Å². The van der Waals surface area contributed by atoms with Gasteiger partial charge in [-0.1, -0.05) is 59.7 Å². The standard InChI is InChI=1S/C32H34N2O6S/c1-23-10-13-28(14-11-23)41(37,38)34(20-27-9-6-16-39-27)21-31(35)33(18-25-7-4-3-5-8-25)19-26-22-40-30-15-12-24(2)17-29(30)32(26)36/h3-5,7-8,10-15,17,22,27H,6,9,16,18-21H2,1-2H3/t27-/m0/s1.